The Morgan fingerprint density at radius 1 is 0.850 bits per heavy atom. The summed E-state index contributed by atoms with van der Waals surface area (Å²) in [4.78, 5) is 42.4. The second-order valence-electron chi connectivity index (χ2n) is 3.88. The lowest BCUT2D eigenvalue weighted by molar-refractivity contribution is -0.138. The molecule has 0 aromatic carbocycles. The van der Waals surface area contributed by atoms with Gasteiger partial charge in [0.05, 0.1) is 0 Å². The summed E-state index contributed by atoms with van der Waals surface area (Å²) >= 11 is 2.29. The average molecular weight is 322 g/mol. The fraction of sp³-hybridized carbons (Fsp3) is 0.667. The van der Waals surface area contributed by atoms with Crippen LogP contribution in [0.4, 0.5) is 0 Å². The Morgan fingerprint density at radius 3 is 1.45 bits per heavy atom. The first-order valence-corrected chi connectivity index (χ1v) is 8.18. The molecule has 0 fully saturated rings. The summed E-state index contributed by atoms with van der Waals surface area (Å²) in [7, 11) is 0. The molecule has 0 aliphatic carbocycles. The monoisotopic (exact) mass is 322 g/mol. The van der Waals surface area contributed by atoms with Crippen LogP contribution in [-0.2, 0) is 19.2 Å². The van der Waals surface area contributed by atoms with Crippen LogP contribution >= 0.6 is 23.5 Å². The van der Waals surface area contributed by atoms with E-state index in [1.54, 1.807) is 0 Å². The lowest BCUT2D eigenvalue weighted by atomic mass is 10.2. The van der Waals surface area contributed by atoms with E-state index < -0.39 is 22.4 Å². The molecule has 0 radical (unpaired) electrons. The molecular formula is C12H18O6S2. The Kier molecular flexibility index (Phi) is 11.2. The van der Waals surface area contributed by atoms with E-state index in [9.17, 15) is 19.2 Å². The van der Waals surface area contributed by atoms with Crippen molar-refractivity contribution in [3.05, 3.63) is 0 Å². The molecule has 0 saturated heterocycles. The molecule has 114 valence electrons. The zero-order valence-corrected chi connectivity index (χ0v) is 12.5. The lowest BCUT2D eigenvalue weighted by Crippen LogP contribution is -2.23. The summed E-state index contributed by atoms with van der Waals surface area (Å²) in [5.41, 5.74) is 0. The maximum Gasteiger partial charge on any atom is 0.316 e. The van der Waals surface area contributed by atoms with E-state index >= 15 is 0 Å². The molecule has 0 saturated carbocycles. The van der Waals surface area contributed by atoms with Crippen LogP contribution in [0.25, 0.3) is 0 Å². The number of aliphatic carboxylic acids is 2. The van der Waals surface area contributed by atoms with Crippen molar-refractivity contribution < 1.29 is 29.4 Å². The topological polar surface area (TPSA) is 109 Å². The second kappa shape index (κ2) is 11.8. The van der Waals surface area contributed by atoms with Gasteiger partial charge >= 0.3 is 11.9 Å². The normalized spacial score (nSPS) is 13.4. The van der Waals surface area contributed by atoms with Gasteiger partial charge in [0.25, 0.3) is 0 Å². The minimum absolute atomic E-state index is 0.226. The Balaban J connectivity index is 4.24. The Bertz CT molecular complexity index is 302. The largest absolute Gasteiger partial charge is 0.480 e. The summed E-state index contributed by atoms with van der Waals surface area (Å²) in [6, 6.07) is 0. The van der Waals surface area contributed by atoms with Gasteiger partial charge in [-0.25, -0.2) is 0 Å². The Labute approximate surface area is 125 Å². The number of carboxylic acids is 2. The van der Waals surface area contributed by atoms with E-state index in [4.69, 9.17) is 10.2 Å². The zero-order chi connectivity index (χ0) is 15.4. The van der Waals surface area contributed by atoms with Gasteiger partial charge in [-0.1, -0.05) is 0 Å². The van der Waals surface area contributed by atoms with Gasteiger partial charge in [0.2, 0.25) is 0 Å². The highest BCUT2D eigenvalue weighted by atomic mass is 32.2. The number of thioether (sulfide) groups is 2. The summed E-state index contributed by atoms with van der Waals surface area (Å²) in [5.74, 6) is -1.17. The van der Waals surface area contributed by atoms with Crippen molar-refractivity contribution in [3.8, 4) is 0 Å². The van der Waals surface area contributed by atoms with E-state index in [1.165, 1.54) is 0 Å². The molecule has 20 heavy (non-hydrogen) atoms. The van der Waals surface area contributed by atoms with Gasteiger partial charge in [0.1, 0.15) is 23.1 Å². The fourth-order valence-electron chi connectivity index (χ4n) is 1.38. The summed E-state index contributed by atoms with van der Waals surface area (Å²) in [5, 5.41) is 16.6. The SMILES string of the molecule is O=CCCSC(CCC(SCCC=O)C(=O)O)C(=O)O. The lowest BCUT2D eigenvalue weighted by Gasteiger charge is -2.15. The van der Waals surface area contributed by atoms with Crippen molar-refractivity contribution in [2.75, 3.05) is 11.5 Å². The molecule has 2 N–H and O–H groups in total. The highest BCUT2D eigenvalue weighted by molar-refractivity contribution is 8.00. The fourth-order valence-corrected chi connectivity index (χ4v) is 3.30. The highest BCUT2D eigenvalue weighted by Gasteiger charge is 2.23. The number of carboxylic acid groups (broad SMARTS) is 2. The van der Waals surface area contributed by atoms with Crippen molar-refractivity contribution in [2.24, 2.45) is 0 Å². The van der Waals surface area contributed by atoms with Crippen LogP contribution in [0.1, 0.15) is 25.7 Å². The van der Waals surface area contributed by atoms with Crippen molar-refractivity contribution >= 4 is 48.0 Å². The molecule has 6 nitrogen and oxygen atoms in total. The van der Waals surface area contributed by atoms with Crippen LogP contribution in [0, 0.1) is 0 Å². The summed E-state index contributed by atoms with van der Waals surface area (Å²) in [6.45, 7) is 0. The Hall–Kier alpha value is -1.02. The van der Waals surface area contributed by atoms with Crippen LogP contribution in [-0.4, -0.2) is 56.7 Å². The summed E-state index contributed by atoms with van der Waals surface area (Å²) < 4.78 is 0. The molecule has 0 aliphatic rings. The van der Waals surface area contributed by atoms with E-state index in [-0.39, 0.29) is 25.7 Å². The van der Waals surface area contributed by atoms with Crippen LogP contribution in [0.3, 0.4) is 0 Å². The first-order chi connectivity index (χ1) is 9.52. The number of carbonyl (C=O) groups excluding carboxylic acids is 2. The van der Waals surface area contributed by atoms with Crippen LogP contribution in [0.15, 0.2) is 0 Å². The van der Waals surface area contributed by atoms with E-state index in [1.807, 2.05) is 0 Å². The summed E-state index contributed by atoms with van der Waals surface area (Å²) in [6.07, 6.45) is 2.46. The molecule has 0 amide bonds. The van der Waals surface area contributed by atoms with E-state index in [2.05, 4.69) is 0 Å². The predicted molar refractivity (Wildman–Crippen MR) is 78.4 cm³/mol. The molecule has 0 heterocycles. The zero-order valence-electron chi connectivity index (χ0n) is 10.9. The number of aldehydes is 2. The minimum atomic E-state index is -0.997. The molecule has 0 spiro atoms. The molecule has 2 atom stereocenters. The molecule has 0 aromatic rings. The van der Waals surface area contributed by atoms with Gasteiger partial charge in [-0.15, -0.1) is 23.5 Å². The van der Waals surface area contributed by atoms with Gasteiger partial charge in [-0.2, -0.15) is 0 Å². The van der Waals surface area contributed by atoms with Gasteiger partial charge < -0.3 is 19.8 Å². The van der Waals surface area contributed by atoms with Gasteiger partial charge in [-0.05, 0) is 12.8 Å². The third-order valence-electron chi connectivity index (χ3n) is 2.35. The maximum absolute atomic E-state index is 11.0. The smallest absolute Gasteiger partial charge is 0.316 e. The molecule has 0 bridgehead atoms. The highest BCUT2D eigenvalue weighted by Crippen LogP contribution is 2.23. The number of hydrogen-bond donors (Lipinski definition) is 2. The van der Waals surface area contributed by atoms with Gasteiger partial charge in [0, 0.05) is 24.3 Å². The van der Waals surface area contributed by atoms with Crippen LogP contribution in [0.5, 0.6) is 0 Å². The predicted octanol–water partition coefficient (Wildman–Crippen LogP) is 1.32. The molecule has 0 aromatic heterocycles. The number of rotatable bonds is 13. The molecule has 2 unspecified atom stereocenters. The minimum Gasteiger partial charge on any atom is -0.480 e. The average Bonchev–Trinajstić information content (AvgIpc) is 2.39. The van der Waals surface area contributed by atoms with Gasteiger partial charge in [0.15, 0.2) is 0 Å². The second-order valence-corrected chi connectivity index (χ2v) is 6.50. The molecular weight excluding hydrogens is 304 g/mol. The Morgan fingerprint density at radius 2 is 1.20 bits per heavy atom. The van der Waals surface area contributed by atoms with Crippen molar-refractivity contribution in [2.45, 2.75) is 36.2 Å². The molecule has 0 aliphatic heterocycles. The molecule has 0 rings (SSSR count). The molecule has 8 heteroatoms. The van der Waals surface area contributed by atoms with Crippen molar-refractivity contribution in [3.63, 3.8) is 0 Å². The number of hydrogen-bond acceptors (Lipinski definition) is 6. The van der Waals surface area contributed by atoms with Crippen LogP contribution < -0.4 is 0 Å². The first-order valence-electron chi connectivity index (χ1n) is 6.09. The quantitative estimate of drug-likeness (QED) is 0.386. The van der Waals surface area contributed by atoms with E-state index in [0.29, 0.717) is 11.5 Å². The van der Waals surface area contributed by atoms with Crippen LogP contribution in [0.2, 0.25) is 0 Å². The maximum atomic E-state index is 11.0. The van der Waals surface area contributed by atoms with E-state index in [0.717, 1.165) is 36.1 Å². The van der Waals surface area contributed by atoms with Crippen molar-refractivity contribution in [1.82, 2.24) is 0 Å². The third kappa shape index (κ3) is 8.98. The van der Waals surface area contributed by atoms with Crippen molar-refractivity contribution in [1.29, 1.82) is 0 Å². The standard InChI is InChI=1S/C12H18O6S2/c13-5-1-7-19-9(11(15)16)3-4-10(12(17)18)20-8-2-6-14/h5-6,9-10H,1-4,7-8H2,(H,15,16)(H,17,18). The number of carbonyl (C=O) groups is 4. The first kappa shape index (κ1) is 19.0. The third-order valence-corrected chi connectivity index (χ3v) is 4.97. The van der Waals surface area contributed by atoms with Gasteiger partial charge in [-0.3, -0.25) is 9.59 Å².